The third-order valence-electron chi connectivity index (χ3n) is 1.93. The summed E-state index contributed by atoms with van der Waals surface area (Å²) in [5, 5.41) is 0. The van der Waals surface area contributed by atoms with Crippen LogP contribution in [0.25, 0.3) is 0 Å². The average Bonchev–Trinajstić information content (AvgIpc) is 2.33. The summed E-state index contributed by atoms with van der Waals surface area (Å²) in [6.45, 7) is 8.04. The molecule has 0 aliphatic carbocycles. The summed E-state index contributed by atoms with van der Waals surface area (Å²) >= 11 is 0. The summed E-state index contributed by atoms with van der Waals surface area (Å²) in [6, 6.07) is 0. The van der Waals surface area contributed by atoms with Crippen molar-refractivity contribution in [3.05, 3.63) is 25.2 Å². The third kappa shape index (κ3) is 1.21. The van der Waals surface area contributed by atoms with Gasteiger partial charge in [-0.2, -0.15) is 0 Å². The van der Waals surface area contributed by atoms with Crippen LogP contribution in [0.15, 0.2) is 25.2 Å². The maximum Gasteiger partial charge on any atom is 0.162 e. The van der Waals surface area contributed by atoms with E-state index < -0.39 is 0 Å². The lowest BCUT2D eigenvalue weighted by molar-refractivity contribution is -0.808. The van der Waals surface area contributed by atoms with Crippen molar-refractivity contribution in [1.82, 2.24) is 4.90 Å². The van der Waals surface area contributed by atoms with Gasteiger partial charge in [-0.05, 0) is 13.5 Å². The first-order valence-corrected chi connectivity index (χ1v) is 3.62. The molecule has 0 amide bonds. The Kier molecular flexibility index (Phi) is 1.81. The van der Waals surface area contributed by atoms with Gasteiger partial charge in [-0.3, -0.25) is 4.48 Å². The van der Waals surface area contributed by atoms with Crippen LogP contribution in [-0.4, -0.2) is 29.6 Å². The Morgan fingerprint density at radius 3 is 2.80 bits per heavy atom. The molecule has 0 saturated heterocycles. The minimum Gasteiger partial charge on any atom is -0.326 e. The highest BCUT2D eigenvalue weighted by Gasteiger charge is 2.22. The average molecular weight is 139 g/mol. The molecule has 2 nitrogen and oxygen atoms in total. The van der Waals surface area contributed by atoms with Crippen LogP contribution in [0.2, 0.25) is 0 Å². The molecule has 1 heterocycles. The topological polar surface area (TPSA) is 3.24 Å². The van der Waals surface area contributed by atoms with Crippen LogP contribution in [0.1, 0.15) is 6.92 Å². The summed E-state index contributed by atoms with van der Waals surface area (Å²) in [5.41, 5.74) is 0. The molecule has 0 bridgehead atoms. The predicted molar refractivity (Wildman–Crippen MR) is 42.8 cm³/mol. The SMILES string of the molecule is C=C[N+]1(C)C=CN(CC)C1. The molecule has 0 radical (unpaired) electrons. The molecule has 2 heteroatoms. The van der Waals surface area contributed by atoms with Gasteiger partial charge in [0.2, 0.25) is 0 Å². The van der Waals surface area contributed by atoms with E-state index in [9.17, 15) is 0 Å². The van der Waals surface area contributed by atoms with Gasteiger partial charge >= 0.3 is 0 Å². The quantitative estimate of drug-likeness (QED) is 0.522. The molecule has 1 unspecified atom stereocenters. The van der Waals surface area contributed by atoms with Crippen LogP contribution in [0.4, 0.5) is 0 Å². The van der Waals surface area contributed by atoms with Gasteiger partial charge in [0.05, 0.1) is 19.4 Å². The monoisotopic (exact) mass is 139 g/mol. The minimum absolute atomic E-state index is 0.827. The second kappa shape index (κ2) is 2.46. The third-order valence-corrected chi connectivity index (χ3v) is 1.93. The molecular weight excluding hydrogens is 124 g/mol. The van der Waals surface area contributed by atoms with Crippen LogP contribution in [-0.2, 0) is 0 Å². The van der Waals surface area contributed by atoms with E-state index in [0.717, 1.165) is 17.7 Å². The van der Waals surface area contributed by atoms with E-state index >= 15 is 0 Å². The second-order valence-electron chi connectivity index (χ2n) is 2.87. The maximum absolute atomic E-state index is 3.78. The molecule has 1 aliphatic rings. The van der Waals surface area contributed by atoms with Crippen molar-refractivity contribution in [1.29, 1.82) is 0 Å². The van der Waals surface area contributed by atoms with E-state index in [1.165, 1.54) is 0 Å². The molecule has 0 aromatic heterocycles. The Morgan fingerprint density at radius 2 is 2.50 bits per heavy atom. The fourth-order valence-electron chi connectivity index (χ4n) is 1.06. The number of hydrogen-bond acceptors (Lipinski definition) is 1. The molecule has 0 aromatic rings. The van der Waals surface area contributed by atoms with Crippen molar-refractivity contribution in [3.8, 4) is 0 Å². The Bertz CT molecular complexity index is 163. The lowest BCUT2D eigenvalue weighted by Crippen LogP contribution is -2.35. The highest BCUT2D eigenvalue weighted by Crippen LogP contribution is 2.14. The Balaban J connectivity index is 2.59. The molecule has 0 fully saturated rings. The zero-order valence-electron chi connectivity index (χ0n) is 6.75. The smallest absolute Gasteiger partial charge is 0.162 e. The normalized spacial score (nSPS) is 31.2. The Labute approximate surface area is 62.6 Å². The van der Waals surface area contributed by atoms with Crippen LogP contribution in [0, 0.1) is 0 Å². The van der Waals surface area contributed by atoms with E-state index in [1.54, 1.807) is 0 Å². The van der Waals surface area contributed by atoms with Crippen molar-refractivity contribution in [2.45, 2.75) is 6.92 Å². The van der Waals surface area contributed by atoms with E-state index in [1.807, 2.05) is 6.20 Å². The van der Waals surface area contributed by atoms with Gasteiger partial charge in [-0.1, -0.05) is 0 Å². The minimum atomic E-state index is 0.827. The molecule has 0 N–H and O–H groups in total. The summed E-state index contributed by atoms with van der Waals surface area (Å²) < 4.78 is 0.827. The summed E-state index contributed by atoms with van der Waals surface area (Å²) in [4.78, 5) is 2.27. The zero-order chi connectivity index (χ0) is 7.61. The Hall–Kier alpha value is -0.760. The van der Waals surface area contributed by atoms with E-state index in [2.05, 4.69) is 37.9 Å². The summed E-state index contributed by atoms with van der Waals surface area (Å²) in [7, 11) is 2.14. The molecule has 10 heavy (non-hydrogen) atoms. The first-order valence-electron chi connectivity index (χ1n) is 3.62. The van der Waals surface area contributed by atoms with Crippen molar-refractivity contribution < 1.29 is 4.48 Å². The number of quaternary nitrogens is 1. The largest absolute Gasteiger partial charge is 0.326 e. The molecule has 0 spiro atoms. The van der Waals surface area contributed by atoms with Gasteiger partial charge in [0.25, 0.3) is 0 Å². The predicted octanol–water partition coefficient (Wildman–Crippen LogP) is 1.34. The molecule has 0 saturated carbocycles. The number of rotatable bonds is 2. The maximum atomic E-state index is 3.78. The number of nitrogens with zero attached hydrogens (tertiary/aromatic N) is 2. The van der Waals surface area contributed by atoms with Gasteiger partial charge in [0.15, 0.2) is 6.67 Å². The zero-order valence-corrected chi connectivity index (χ0v) is 6.75. The first kappa shape index (κ1) is 7.35. The van der Waals surface area contributed by atoms with Gasteiger partial charge < -0.3 is 4.90 Å². The van der Waals surface area contributed by atoms with Gasteiger partial charge in [-0.25, -0.2) is 0 Å². The van der Waals surface area contributed by atoms with E-state index in [0.29, 0.717) is 0 Å². The molecule has 1 rings (SSSR count). The first-order chi connectivity index (χ1) is 4.70. The Morgan fingerprint density at radius 1 is 1.80 bits per heavy atom. The van der Waals surface area contributed by atoms with Gasteiger partial charge in [-0.15, -0.1) is 0 Å². The van der Waals surface area contributed by atoms with E-state index in [-0.39, 0.29) is 0 Å². The summed E-state index contributed by atoms with van der Waals surface area (Å²) in [6.07, 6.45) is 6.23. The summed E-state index contributed by atoms with van der Waals surface area (Å²) in [5.74, 6) is 0. The molecular formula is C8H15N2+. The van der Waals surface area contributed by atoms with Crippen molar-refractivity contribution in [2.24, 2.45) is 0 Å². The molecule has 1 atom stereocenters. The highest BCUT2D eigenvalue weighted by molar-refractivity contribution is 4.82. The highest BCUT2D eigenvalue weighted by atomic mass is 15.4. The fourth-order valence-corrected chi connectivity index (χ4v) is 1.06. The lowest BCUT2D eigenvalue weighted by atomic mass is 10.6. The van der Waals surface area contributed by atoms with Gasteiger partial charge in [0, 0.05) is 6.54 Å². The standard InChI is InChI=1S/C8H15N2/c1-4-9-6-7-10(3,5-2)8-9/h5-7H,2,4,8H2,1,3H3/q+1. The van der Waals surface area contributed by atoms with E-state index in [4.69, 9.17) is 0 Å². The molecule has 56 valence electrons. The van der Waals surface area contributed by atoms with Crippen molar-refractivity contribution in [2.75, 3.05) is 20.3 Å². The van der Waals surface area contributed by atoms with Crippen LogP contribution >= 0.6 is 0 Å². The van der Waals surface area contributed by atoms with Crippen molar-refractivity contribution in [3.63, 3.8) is 0 Å². The number of hydrogen-bond donors (Lipinski definition) is 0. The second-order valence-corrected chi connectivity index (χ2v) is 2.87. The van der Waals surface area contributed by atoms with Crippen molar-refractivity contribution >= 4 is 0 Å². The molecule has 1 aliphatic heterocycles. The fraction of sp³-hybridized carbons (Fsp3) is 0.500. The van der Waals surface area contributed by atoms with Gasteiger partial charge in [0.1, 0.15) is 6.20 Å². The lowest BCUT2D eigenvalue weighted by Gasteiger charge is -2.23. The van der Waals surface area contributed by atoms with Crippen LogP contribution in [0.5, 0.6) is 0 Å². The molecule has 0 aromatic carbocycles. The van der Waals surface area contributed by atoms with Crippen LogP contribution in [0.3, 0.4) is 0 Å². The van der Waals surface area contributed by atoms with Crippen LogP contribution < -0.4 is 0 Å².